The van der Waals surface area contributed by atoms with E-state index in [1.54, 1.807) is 0 Å². The van der Waals surface area contributed by atoms with Crippen molar-refractivity contribution in [3.05, 3.63) is 77.0 Å². The first-order valence-corrected chi connectivity index (χ1v) is 12.4. The number of nitrogens with zero attached hydrogens (tertiary/aromatic N) is 3. The number of benzene rings is 2. The number of aryl methyl sites for hydroxylation is 1. The summed E-state index contributed by atoms with van der Waals surface area (Å²) in [6.45, 7) is 10.3. The van der Waals surface area contributed by atoms with E-state index in [-0.39, 0.29) is 5.91 Å². The minimum Gasteiger partial charge on any atom is -0.375 e. The first kappa shape index (κ1) is 23.7. The van der Waals surface area contributed by atoms with Crippen LogP contribution in [0.15, 0.2) is 55.2 Å². The van der Waals surface area contributed by atoms with E-state index >= 15 is 0 Å². The molecule has 1 aliphatic heterocycles. The van der Waals surface area contributed by atoms with Gasteiger partial charge in [0.25, 0.3) is 0 Å². The van der Waals surface area contributed by atoms with Crippen molar-refractivity contribution in [1.29, 1.82) is 0 Å². The van der Waals surface area contributed by atoms with Gasteiger partial charge in [0, 0.05) is 49.5 Å². The van der Waals surface area contributed by atoms with Gasteiger partial charge < -0.3 is 20.4 Å². The van der Waals surface area contributed by atoms with Crippen LogP contribution in [0.3, 0.4) is 0 Å². The molecule has 0 radical (unpaired) electrons. The van der Waals surface area contributed by atoms with E-state index in [2.05, 4.69) is 41.5 Å². The largest absolute Gasteiger partial charge is 0.375 e. The lowest BCUT2D eigenvalue weighted by molar-refractivity contribution is -0.132. The molecule has 6 heteroatoms. The lowest BCUT2D eigenvalue weighted by Gasteiger charge is -2.40. The Kier molecular flexibility index (Phi) is 7.61. The highest BCUT2D eigenvalue weighted by molar-refractivity contribution is 6.30. The van der Waals surface area contributed by atoms with Crippen LogP contribution < -0.4 is 10.6 Å². The minimum atomic E-state index is -0.526. The van der Waals surface area contributed by atoms with E-state index in [0.29, 0.717) is 30.6 Å². The third kappa shape index (κ3) is 5.36. The maximum absolute atomic E-state index is 13.0. The van der Waals surface area contributed by atoms with Gasteiger partial charge in [0.1, 0.15) is 0 Å². The second-order valence-corrected chi connectivity index (χ2v) is 9.51. The maximum atomic E-state index is 13.0. The molecule has 2 aromatic rings. The number of rotatable bonds is 7. The minimum absolute atomic E-state index is 0.0318. The Morgan fingerprint density at radius 3 is 2.61 bits per heavy atom. The van der Waals surface area contributed by atoms with E-state index in [1.807, 2.05) is 35.4 Å². The van der Waals surface area contributed by atoms with Crippen LogP contribution in [0.5, 0.6) is 0 Å². The van der Waals surface area contributed by atoms with Crippen LogP contribution in [0.1, 0.15) is 30.0 Å². The lowest BCUT2D eigenvalue weighted by Crippen LogP contribution is -2.54. The number of amides is 1. The Bertz CT molecular complexity index is 969. The van der Waals surface area contributed by atoms with Gasteiger partial charge in [-0.2, -0.15) is 0 Å². The number of likely N-dealkylation sites (N-methyl/N-ethyl adjacent to an activating group) is 1. The highest BCUT2D eigenvalue weighted by Crippen LogP contribution is 2.33. The molecular formula is C27H35ClN4O. The number of hydrogen-bond donors (Lipinski definition) is 1. The van der Waals surface area contributed by atoms with Crippen molar-refractivity contribution >= 4 is 23.2 Å². The van der Waals surface area contributed by atoms with Crippen molar-refractivity contribution in [2.75, 3.05) is 37.6 Å². The number of halogens is 1. The topological polar surface area (TPSA) is 52.8 Å². The van der Waals surface area contributed by atoms with Crippen LogP contribution in [0.4, 0.5) is 5.69 Å². The fraction of sp³-hybridized carbons (Fsp3) is 0.444. The summed E-state index contributed by atoms with van der Waals surface area (Å²) in [6.07, 6.45) is 5.84. The quantitative estimate of drug-likeness (QED) is 0.672. The van der Waals surface area contributed by atoms with Crippen LogP contribution in [-0.4, -0.2) is 60.5 Å². The number of carbonyl (C=O) groups excluding carboxylic acids is 1. The van der Waals surface area contributed by atoms with Crippen LogP contribution in [-0.2, 0) is 24.1 Å². The predicted octanol–water partition coefficient (Wildman–Crippen LogP) is 3.88. The van der Waals surface area contributed by atoms with Crippen LogP contribution in [0.25, 0.3) is 0 Å². The molecule has 5 nitrogen and oxygen atoms in total. The third-order valence-electron chi connectivity index (χ3n) is 7.12. The molecule has 2 atom stereocenters. The van der Waals surface area contributed by atoms with Crippen LogP contribution in [0.2, 0.25) is 5.02 Å². The van der Waals surface area contributed by atoms with E-state index < -0.39 is 6.04 Å². The molecule has 1 saturated heterocycles. The molecule has 0 bridgehead atoms. The van der Waals surface area contributed by atoms with Crippen molar-refractivity contribution in [3.8, 4) is 0 Å². The highest BCUT2D eigenvalue weighted by Gasteiger charge is 2.29. The zero-order valence-electron chi connectivity index (χ0n) is 19.5. The van der Waals surface area contributed by atoms with Crippen LogP contribution in [0, 0.1) is 0 Å². The Labute approximate surface area is 202 Å². The molecule has 2 N–H and O–H groups in total. The first-order chi connectivity index (χ1) is 16.0. The molecular weight excluding hydrogens is 432 g/mol. The molecule has 0 aromatic heterocycles. The monoisotopic (exact) mass is 466 g/mol. The molecule has 0 unspecified atom stereocenters. The van der Waals surface area contributed by atoms with Gasteiger partial charge in [-0.25, -0.2) is 0 Å². The number of piperazine rings is 1. The molecule has 2 aliphatic rings. The van der Waals surface area contributed by atoms with E-state index in [4.69, 9.17) is 17.3 Å². The molecule has 176 valence electrons. The number of carbonyl (C=O) groups is 1. The normalized spacial score (nSPS) is 19.1. The summed E-state index contributed by atoms with van der Waals surface area (Å²) in [6, 6.07) is 14.2. The number of hydrogen-bond acceptors (Lipinski definition) is 4. The first-order valence-electron chi connectivity index (χ1n) is 12.0. The fourth-order valence-corrected chi connectivity index (χ4v) is 5.36. The summed E-state index contributed by atoms with van der Waals surface area (Å²) in [4.78, 5) is 19.7. The summed E-state index contributed by atoms with van der Waals surface area (Å²) in [5.41, 5.74) is 11.6. The standard InChI is InChI=1S/C27H35ClN4O/c1-3-30(4-2)23-13-10-21-6-5-7-26(24(21)19-23)31-14-16-32(17-15-31)27(33)25(29)18-20-8-11-22(28)12-9-20/h3,5-9,11-12,23,25H,1,4,10,13-19,29H2,2H3/t23-,25-/m1/s1. The van der Waals surface area contributed by atoms with Gasteiger partial charge in [-0.15, -0.1) is 0 Å². The average molecular weight is 467 g/mol. The summed E-state index contributed by atoms with van der Waals surface area (Å²) in [7, 11) is 0. The summed E-state index contributed by atoms with van der Waals surface area (Å²) in [5, 5.41) is 0.691. The maximum Gasteiger partial charge on any atom is 0.239 e. The van der Waals surface area contributed by atoms with Gasteiger partial charge in [-0.1, -0.05) is 42.4 Å². The molecule has 1 fully saturated rings. The van der Waals surface area contributed by atoms with Crippen molar-refractivity contribution in [1.82, 2.24) is 9.80 Å². The molecule has 1 amide bonds. The van der Waals surface area contributed by atoms with Gasteiger partial charge in [0.05, 0.1) is 6.04 Å². The van der Waals surface area contributed by atoms with Crippen molar-refractivity contribution in [2.45, 2.75) is 44.7 Å². The highest BCUT2D eigenvalue weighted by atomic mass is 35.5. The molecule has 1 heterocycles. The second kappa shape index (κ2) is 10.6. The second-order valence-electron chi connectivity index (χ2n) is 9.07. The van der Waals surface area contributed by atoms with Gasteiger partial charge in [-0.05, 0) is 73.7 Å². The van der Waals surface area contributed by atoms with Gasteiger partial charge >= 0.3 is 0 Å². The Balaban J connectivity index is 1.39. The van der Waals surface area contributed by atoms with Crippen molar-refractivity contribution in [2.24, 2.45) is 5.73 Å². The SMILES string of the molecule is C=CN(CC)[C@@H]1CCc2cccc(N3CCN(C(=O)[C@H](N)Cc4ccc(Cl)cc4)CC3)c2C1. The van der Waals surface area contributed by atoms with E-state index in [0.717, 1.165) is 38.0 Å². The summed E-state index contributed by atoms with van der Waals surface area (Å²) < 4.78 is 0. The molecule has 1 aliphatic carbocycles. The number of fused-ring (bicyclic) bond motifs is 1. The van der Waals surface area contributed by atoms with E-state index in [1.165, 1.54) is 23.2 Å². The fourth-order valence-electron chi connectivity index (χ4n) is 5.23. The molecule has 0 spiro atoms. The lowest BCUT2D eigenvalue weighted by atomic mass is 9.86. The zero-order chi connectivity index (χ0) is 23.4. The smallest absolute Gasteiger partial charge is 0.239 e. The molecule has 0 saturated carbocycles. The summed E-state index contributed by atoms with van der Waals surface area (Å²) in [5.74, 6) is 0.0318. The van der Waals surface area contributed by atoms with Crippen LogP contribution >= 0.6 is 11.6 Å². The van der Waals surface area contributed by atoms with Gasteiger partial charge in [0.15, 0.2) is 0 Å². The Morgan fingerprint density at radius 1 is 1.21 bits per heavy atom. The third-order valence-corrected chi connectivity index (χ3v) is 7.37. The number of anilines is 1. The van der Waals surface area contributed by atoms with E-state index in [9.17, 15) is 4.79 Å². The van der Waals surface area contributed by atoms with Crippen molar-refractivity contribution in [3.63, 3.8) is 0 Å². The Morgan fingerprint density at radius 2 is 1.94 bits per heavy atom. The predicted molar refractivity (Wildman–Crippen MR) is 137 cm³/mol. The van der Waals surface area contributed by atoms with Gasteiger partial charge in [0.2, 0.25) is 5.91 Å². The Hall–Kier alpha value is -2.50. The molecule has 4 rings (SSSR count). The van der Waals surface area contributed by atoms with Gasteiger partial charge in [-0.3, -0.25) is 4.79 Å². The number of nitrogens with two attached hydrogens (primary N) is 1. The average Bonchev–Trinajstić information content (AvgIpc) is 2.85. The van der Waals surface area contributed by atoms with Crippen molar-refractivity contribution < 1.29 is 4.79 Å². The summed E-state index contributed by atoms with van der Waals surface area (Å²) >= 11 is 5.96. The zero-order valence-corrected chi connectivity index (χ0v) is 20.3. The molecule has 33 heavy (non-hydrogen) atoms. The molecule has 2 aromatic carbocycles.